The van der Waals surface area contributed by atoms with E-state index in [-0.39, 0.29) is 6.09 Å². The second kappa shape index (κ2) is 8.65. The number of carbonyl (C=O) groups is 1. The van der Waals surface area contributed by atoms with Crippen LogP contribution in [0.5, 0.6) is 0 Å². The fraction of sp³-hybridized carbons (Fsp3) is 0.583. The van der Waals surface area contributed by atoms with E-state index in [2.05, 4.69) is 32.8 Å². The summed E-state index contributed by atoms with van der Waals surface area (Å²) in [6.07, 6.45) is 10.5. The van der Waals surface area contributed by atoms with Crippen molar-refractivity contribution in [2.24, 2.45) is 5.41 Å². The number of nitrogens with zero attached hydrogens (tertiary/aromatic N) is 6. The topological polar surface area (TPSA) is 74.7 Å². The Hall–Kier alpha value is -2.74. The first-order valence-electron chi connectivity index (χ1n) is 11.7. The Morgan fingerprint density at radius 1 is 1.22 bits per heavy atom. The molecule has 3 fully saturated rings. The lowest BCUT2D eigenvalue weighted by atomic mass is 9.78. The van der Waals surface area contributed by atoms with E-state index >= 15 is 0 Å². The van der Waals surface area contributed by atoms with Crippen molar-refractivity contribution in [1.29, 1.82) is 0 Å². The predicted octanol–water partition coefficient (Wildman–Crippen LogP) is 3.06. The standard InChI is InChI=1S/C24H32N6O2/c1-3-32-23(31)29-16-24(17-29)7-6-19(13-24)28-11-12-30(18(2)15-28)22-20(5-4-8-27-22)21-14-25-9-10-26-21/h4-5,8-10,14,18-19H,3,6-7,11-13,15-17H2,1-2H3/t18-,19?/m1/s1. The SMILES string of the molecule is CCOC(=O)N1CC2(CCC(N3CCN(c4ncccc4-c4cnccn4)[C@H](C)C3)C2)C1. The lowest BCUT2D eigenvalue weighted by Crippen LogP contribution is -2.59. The molecule has 1 saturated carbocycles. The maximum absolute atomic E-state index is 12.0. The molecule has 32 heavy (non-hydrogen) atoms. The van der Waals surface area contributed by atoms with Gasteiger partial charge in [-0.3, -0.25) is 14.9 Å². The van der Waals surface area contributed by atoms with Crippen molar-refractivity contribution >= 4 is 11.9 Å². The molecule has 1 unspecified atom stereocenters. The second-order valence-corrected chi connectivity index (χ2v) is 9.45. The Morgan fingerprint density at radius 3 is 2.84 bits per heavy atom. The van der Waals surface area contributed by atoms with E-state index < -0.39 is 0 Å². The Labute approximate surface area is 189 Å². The number of piperazine rings is 1. The number of rotatable bonds is 4. The molecule has 1 amide bonds. The molecule has 0 radical (unpaired) electrons. The molecule has 2 saturated heterocycles. The largest absolute Gasteiger partial charge is 0.450 e. The van der Waals surface area contributed by atoms with Gasteiger partial charge in [-0.15, -0.1) is 0 Å². The fourth-order valence-electron chi connectivity index (χ4n) is 5.78. The monoisotopic (exact) mass is 436 g/mol. The molecule has 2 atom stereocenters. The van der Waals surface area contributed by atoms with Crippen LogP contribution in [0.15, 0.2) is 36.9 Å². The van der Waals surface area contributed by atoms with Gasteiger partial charge in [0.15, 0.2) is 0 Å². The van der Waals surface area contributed by atoms with E-state index in [0.29, 0.717) is 24.1 Å². The minimum absolute atomic E-state index is 0.155. The van der Waals surface area contributed by atoms with E-state index in [9.17, 15) is 4.79 Å². The van der Waals surface area contributed by atoms with Crippen LogP contribution in [-0.4, -0.2) is 82.3 Å². The highest BCUT2D eigenvalue weighted by Crippen LogP contribution is 2.47. The van der Waals surface area contributed by atoms with E-state index in [0.717, 1.165) is 49.8 Å². The van der Waals surface area contributed by atoms with Crippen molar-refractivity contribution in [3.8, 4) is 11.3 Å². The molecule has 8 nitrogen and oxygen atoms in total. The lowest BCUT2D eigenvalue weighted by molar-refractivity contribution is -0.00332. The quantitative estimate of drug-likeness (QED) is 0.729. The highest BCUT2D eigenvalue weighted by atomic mass is 16.6. The lowest BCUT2D eigenvalue weighted by Gasteiger charge is -2.48. The molecule has 8 heteroatoms. The maximum atomic E-state index is 12.0. The summed E-state index contributed by atoms with van der Waals surface area (Å²) < 4.78 is 5.16. The minimum atomic E-state index is -0.155. The van der Waals surface area contributed by atoms with Gasteiger partial charge in [-0.05, 0) is 45.2 Å². The molecular formula is C24H32N6O2. The Bertz CT molecular complexity index is 949. The van der Waals surface area contributed by atoms with E-state index in [1.807, 2.05) is 24.1 Å². The van der Waals surface area contributed by atoms with E-state index in [1.165, 1.54) is 19.3 Å². The number of aromatic nitrogens is 3. The van der Waals surface area contributed by atoms with Gasteiger partial charge in [-0.2, -0.15) is 0 Å². The van der Waals surface area contributed by atoms with Gasteiger partial charge in [0.05, 0.1) is 18.5 Å². The van der Waals surface area contributed by atoms with Crippen LogP contribution in [0.4, 0.5) is 10.6 Å². The first-order chi connectivity index (χ1) is 15.6. The van der Waals surface area contributed by atoms with E-state index in [1.54, 1.807) is 18.6 Å². The molecule has 4 heterocycles. The average Bonchev–Trinajstić information content (AvgIpc) is 3.25. The smallest absolute Gasteiger partial charge is 0.409 e. The van der Waals surface area contributed by atoms with Gasteiger partial charge in [-0.25, -0.2) is 9.78 Å². The molecule has 170 valence electrons. The summed E-state index contributed by atoms with van der Waals surface area (Å²) in [7, 11) is 0. The summed E-state index contributed by atoms with van der Waals surface area (Å²) in [6, 6.07) is 5.01. The van der Waals surface area contributed by atoms with Gasteiger partial charge < -0.3 is 14.5 Å². The number of carbonyl (C=O) groups excluding carboxylic acids is 1. The molecule has 0 bridgehead atoms. The summed E-state index contributed by atoms with van der Waals surface area (Å²) in [6.45, 7) is 9.31. The van der Waals surface area contributed by atoms with Gasteiger partial charge in [0, 0.05) is 74.4 Å². The van der Waals surface area contributed by atoms with Crippen molar-refractivity contribution in [1.82, 2.24) is 24.8 Å². The van der Waals surface area contributed by atoms with Crippen LogP contribution in [0.3, 0.4) is 0 Å². The van der Waals surface area contributed by atoms with Gasteiger partial charge in [0.2, 0.25) is 0 Å². The van der Waals surface area contributed by atoms with Crippen LogP contribution >= 0.6 is 0 Å². The molecule has 2 aromatic heterocycles. The highest BCUT2D eigenvalue weighted by molar-refractivity contribution is 5.73. The average molecular weight is 437 g/mol. The number of likely N-dealkylation sites (tertiary alicyclic amines) is 1. The Kier molecular flexibility index (Phi) is 5.71. The van der Waals surface area contributed by atoms with Crippen molar-refractivity contribution < 1.29 is 9.53 Å². The van der Waals surface area contributed by atoms with Crippen LogP contribution in [0.25, 0.3) is 11.3 Å². The normalized spacial score (nSPS) is 25.1. The molecule has 1 spiro atoms. The minimum Gasteiger partial charge on any atom is -0.450 e. The number of hydrogen-bond acceptors (Lipinski definition) is 7. The van der Waals surface area contributed by atoms with Gasteiger partial charge in [0.1, 0.15) is 5.82 Å². The van der Waals surface area contributed by atoms with E-state index in [4.69, 9.17) is 9.72 Å². The van der Waals surface area contributed by atoms with Crippen LogP contribution in [-0.2, 0) is 4.74 Å². The highest BCUT2D eigenvalue weighted by Gasteiger charge is 2.51. The molecule has 0 N–H and O–H groups in total. The number of pyridine rings is 1. The molecule has 2 aromatic rings. The zero-order valence-electron chi connectivity index (χ0n) is 19.0. The van der Waals surface area contributed by atoms with Crippen molar-refractivity contribution in [3.63, 3.8) is 0 Å². The number of ether oxygens (including phenoxy) is 1. The molecule has 1 aliphatic carbocycles. The number of hydrogen-bond donors (Lipinski definition) is 0. The predicted molar refractivity (Wildman–Crippen MR) is 122 cm³/mol. The fourth-order valence-corrected chi connectivity index (χ4v) is 5.78. The number of amides is 1. The van der Waals surface area contributed by atoms with Crippen molar-refractivity contribution in [3.05, 3.63) is 36.9 Å². The molecule has 5 rings (SSSR count). The van der Waals surface area contributed by atoms with Crippen LogP contribution in [0.2, 0.25) is 0 Å². The summed E-state index contributed by atoms with van der Waals surface area (Å²) in [4.78, 5) is 32.4. The van der Waals surface area contributed by atoms with Crippen LogP contribution in [0.1, 0.15) is 33.1 Å². The number of anilines is 1. The molecule has 3 aliphatic rings. The van der Waals surface area contributed by atoms with Crippen LogP contribution in [0, 0.1) is 5.41 Å². The first-order valence-corrected chi connectivity index (χ1v) is 11.7. The summed E-state index contributed by atoms with van der Waals surface area (Å²) in [5.41, 5.74) is 2.20. The zero-order chi connectivity index (χ0) is 22.1. The van der Waals surface area contributed by atoms with Crippen LogP contribution < -0.4 is 4.90 Å². The molecule has 0 aromatic carbocycles. The third-order valence-electron chi connectivity index (χ3n) is 7.33. The summed E-state index contributed by atoms with van der Waals surface area (Å²) >= 11 is 0. The van der Waals surface area contributed by atoms with Gasteiger partial charge in [0.25, 0.3) is 0 Å². The Balaban J connectivity index is 1.22. The second-order valence-electron chi connectivity index (χ2n) is 9.45. The van der Waals surface area contributed by atoms with Crippen molar-refractivity contribution in [2.75, 3.05) is 44.2 Å². The molecule has 2 aliphatic heterocycles. The first kappa shape index (κ1) is 21.1. The van der Waals surface area contributed by atoms with Crippen molar-refractivity contribution in [2.45, 2.75) is 45.2 Å². The zero-order valence-corrected chi connectivity index (χ0v) is 19.0. The van der Waals surface area contributed by atoms with Gasteiger partial charge in [-0.1, -0.05) is 0 Å². The Morgan fingerprint density at radius 2 is 2.09 bits per heavy atom. The summed E-state index contributed by atoms with van der Waals surface area (Å²) in [5, 5.41) is 0. The summed E-state index contributed by atoms with van der Waals surface area (Å²) in [5.74, 6) is 0.993. The third kappa shape index (κ3) is 3.92. The maximum Gasteiger partial charge on any atom is 0.409 e. The third-order valence-corrected chi connectivity index (χ3v) is 7.33. The van der Waals surface area contributed by atoms with Gasteiger partial charge >= 0.3 is 6.09 Å². The molecular weight excluding hydrogens is 404 g/mol.